The van der Waals surface area contributed by atoms with Gasteiger partial charge in [-0.1, -0.05) is 24.3 Å². The molecule has 1 atom stereocenters. The lowest BCUT2D eigenvalue weighted by atomic mass is 10.7. The molecule has 40 valence electrons. The van der Waals surface area contributed by atoms with Crippen molar-refractivity contribution >= 4 is 17.8 Å². The highest BCUT2D eigenvalue weighted by atomic mass is 35.5. The number of rotatable bonds is 2. The van der Waals surface area contributed by atoms with Crippen molar-refractivity contribution in [2.24, 2.45) is 4.99 Å². The smallest absolute Gasteiger partial charge is 0.121 e. The maximum Gasteiger partial charge on any atom is 0.121 e. The molecule has 1 nitrogen and oxygen atoms in total. The van der Waals surface area contributed by atoms with E-state index in [9.17, 15) is 0 Å². The first-order valence-corrected chi connectivity index (χ1v) is 2.49. The van der Waals surface area contributed by atoms with Crippen LogP contribution in [0.2, 0.25) is 0 Å². The molecule has 0 saturated carbocycles. The van der Waals surface area contributed by atoms with E-state index >= 15 is 0 Å². The maximum absolute atomic E-state index is 5.41. The topological polar surface area (TPSA) is 12.4 Å². The molecule has 0 radical (unpaired) electrons. The lowest BCUT2D eigenvalue weighted by Gasteiger charge is -1.85. The van der Waals surface area contributed by atoms with Crippen molar-refractivity contribution in [3.8, 4) is 0 Å². The van der Waals surface area contributed by atoms with Gasteiger partial charge in [-0.3, -0.25) is 4.99 Å². The molecule has 0 aromatic carbocycles. The molecule has 0 rings (SSSR count). The first-order chi connectivity index (χ1) is 3.27. The molecule has 0 saturated heterocycles. The Labute approximate surface area is 48.7 Å². The molecule has 0 aromatic heterocycles. The van der Waals surface area contributed by atoms with Crippen molar-refractivity contribution in [2.75, 3.05) is 0 Å². The SMILES string of the molecule is C=CC=NC(C)Cl. The highest BCUT2D eigenvalue weighted by Crippen LogP contribution is 1.91. The predicted molar refractivity (Wildman–Crippen MR) is 34.0 cm³/mol. The van der Waals surface area contributed by atoms with E-state index in [0.717, 1.165) is 0 Å². The maximum atomic E-state index is 5.41. The fourth-order valence-electron chi connectivity index (χ4n) is 0.179. The molecular formula is C5H8ClN. The summed E-state index contributed by atoms with van der Waals surface area (Å²) in [7, 11) is 0. The van der Waals surface area contributed by atoms with Gasteiger partial charge >= 0.3 is 0 Å². The molecule has 0 aliphatic carbocycles. The Hall–Kier alpha value is -0.300. The Kier molecular flexibility index (Phi) is 3.71. The molecule has 0 heterocycles. The molecular weight excluding hydrogens is 110 g/mol. The number of hydrogen-bond acceptors (Lipinski definition) is 1. The third-order valence-corrected chi connectivity index (χ3v) is 0.510. The summed E-state index contributed by atoms with van der Waals surface area (Å²) in [4.78, 5) is 3.77. The molecule has 0 aromatic rings. The largest absolute Gasteiger partial charge is 0.274 e. The van der Waals surface area contributed by atoms with E-state index in [4.69, 9.17) is 11.6 Å². The first kappa shape index (κ1) is 6.70. The Morgan fingerprint density at radius 1 is 1.86 bits per heavy atom. The molecule has 2 heteroatoms. The monoisotopic (exact) mass is 117 g/mol. The van der Waals surface area contributed by atoms with Crippen LogP contribution in [0.1, 0.15) is 6.92 Å². The lowest BCUT2D eigenvalue weighted by molar-refractivity contribution is 1.04. The number of aliphatic imine (C=N–C) groups is 1. The summed E-state index contributed by atoms with van der Waals surface area (Å²) in [6.07, 6.45) is 3.18. The second-order valence-corrected chi connectivity index (χ2v) is 1.74. The van der Waals surface area contributed by atoms with Crippen molar-refractivity contribution in [1.29, 1.82) is 0 Å². The van der Waals surface area contributed by atoms with Crippen LogP contribution in [0.25, 0.3) is 0 Å². The molecule has 0 N–H and O–H groups in total. The van der Waals surface area contributed by atoms with E-state index in [1.165, 1.54) is 0 Å². The Morgan fingerprint density at radius 2 is 2.43 bits per heavy atom. The van der Waals surface area contributed by atoms with Gasteiger partial charge in [-0.25, -0.2) is 0 Å². The minimum Gasteiger partial charge on any atom is -0.274 e. The minimum absolute atomic E-state index is 0.127. The van der Waals surface area contributed by atoms with Crippen molar-refractivity contribution in [3.05, 3.63) is 12.7 Å². The first-order valence-electron chi connectivity index (χ1n) is 2.05. The fraction of sp³-hybridized carbons (Fsp3) is 0.400. The molecule has 1 unspecified atom stereocenters. The average molecular weight is 118 g/mol. The molecule has 0 aliphatic heterocycles. The van der Waals surface area contributed by atoms with Crippen molar-refractivity contribution in [2.45, 2.75) is 12.4 Å². The van der Waals surface area contributed by atoms with Crippen LogP contribution < -0.4 is 0 Å². The molecule has 0 fully saturated rings. The Morgan fingerprint density at radius 3 is 2.57 bits per heavy atom. The van der Waals surface area contributed by atoms with Crippen LogP contribution in [0.4, 0.5) is 0 Å². The van der Waals surface area contributed by atoms with Crippen molar-refractivity contribution in [3.63, 3.8) is 0 Å². The zero-order valence-electron chi connectivity index (χ0n) is 4.26. The van der Waals surface area contributed by atoms with Crippen LogP contribution in [0.3, 0.4) is 0 Å². The van der Waals surface area contributed by atoms with Gasteiger partial charge in [0.25, 0.3) is 0 Å². The number of halogens is 1. The minimum atomic E-state index is -0.127. The zero-order valence-corrected chi connectivity index (χ0v) is 5.02. The predicted octanol–water partition coefficient (Wildman–Crippen LogP) is 1.83. The number of alkyl halides is 1. The van der Waals surface area contributed by atoms with Crippen LogP contribution in [0.15, 0.2) is 17.6 Å². The Balaban J connectivity index is 3.25. The summed E-state index contributed by atoms with van der Waals surface area (Å²) in [5.74, 6) is 0. The van der Waals surface area contributed by atoms with Crippen LogP contribution in [0.5, 0.6) is 0 Å². The molecule has 7 heavy (non-hydrogen) atoms. The normalized spacial score (nSPS) is 14.6. The lowest BCUT2D eigenvalue weighted by Crippen LogP contribution is -1.80. The van der Waals surface area contributed by atoms with Crippen LogP contribution in [-0.4, -0.2) is 11.7 Å². The number of nitrogens with zero attached hydrogens (tertiary/aromatic N) is 1. The van der Waals surface area contributed by atoms with Gasteiger partial charge in [0.1, 0.15) is 5.50 Å². The summed E-state index contributed by atoms with van der Waals surface area (Å²) in [6.45, 7) is 5.22. The highest BCUT2D eigenvalue weighted by Gasteiger charge is 1.80. The molecule has 0 amide bonds. The summed E-state index contributed by atoms with van der Waals surface area (Å²) < 4.78 is 0. The van der Waals surface area contributed by atoms with Gasteiger partial charge in [0.15, 0.2) is 0 Å². The zero-order chi connectivity index (χ0) is 5.70. The van der Waals surface area contributed by atoms with Gasteiger partial charge in [0.05, 0.1) is 0 Å². The van der Waals surface area contributed by atoms with Gasteiger partial charge in [-0.15, -0.1) is 0 Å². The van der Waals surface area contributed by atoms with E-state index in [1.807, 2.05) is 0 Å². The van der Waals surface area contributed by atoms with E-state index in [1.54, 1.807) is 19.2 Å². The van der Waals surface area contributed by atoms with E-state index < -0.39 is 0 Å². The van der Waals surface area contributed by atoms with Gasteiger partial charge in [0.2, 0.25) is 0 Å². The standard InChI is InChI=1S/C5H8ClN/c1-3-4-7-5(2)6/h3-5H,1H2,2H3. The summed E-state index contributed by atoms with van der Waals surface area (Å²) in [5.41, 5.74) is -0.127. The van der Waals surface area contributed by atoms with Gasteiger partial charge in [0, 0.05) is 6.21 Å². The van der Waals surface area contributed by atoms with Crippen LogP contribution >= 0.6 is 11.6 Å². The van der Waals surface area contributed by atoms with Crippen molar-refractivity contribution < 1.29 is 0 Å². The summed E-state index contributed by atoms with van der Waals surface area (Å²) in [6, 6.07) is 0. The summed E-state index contributed by atoms with van der Waals surface area (Å²) >= 11 is 5.41. The third-order valence-electron chi connectivity index (χ3n) is 0.397. The number of hydrogen-bond donors (Lipinski definition) is 0. The second kappa shape index (κ2) is 3.88. The second-order valence-electron chi connectivity index (χ2n) is 1.11. The third kappa shape index (κ3) is 5.70. The van der Waals surface area contributed by atoms with Gasteiger partial charge < -0.3 is 0 Å². The van der Waals surface area contributed by atoms with Gasteiger partial charge in [-0.2, -0.15) is 0 Å². The quantitative estimate of drug-likeness (QED) is 0.297. The van der Waals surface area contributed by atoms with E-state index in [2.05, 4.69) is 11.6 Å². The number of allylic oxidation sites excluding steroid dienone is 1. The van der Waals surface area contributed by atoms with E-state index in [0.29, 0.717) is 0 Å². The van der Waals surface area contributed by atoms with Gasteiger partial charge in [-0.05, 0) is 6.92 Å². The van der Waals surface area contributed by atoms with Crippen LogP contribution in [-0.2, 0) is 0 Å². The van der Waals surface area contributed by atoms with E-state index in [-0.39, 0.29) is 5.50 Å². The average Bonchev–Trinajstić information content (AvgIpc) is 1.61. The fourth-order valence-corrected chi connectivity index (χ4v) is 0.245. The van der Waals surface area contributed by atoms with Crippen molar-refractivity contribution in [1.82, 2.24) is 0 Å². The highest BCUT2D eigenvalue weighted by molar-refractivity contribution is 6.20. The molecule has 0 aliphatic rings. The Bertz CT molecular complexity index is 76.1. The molecule has 0 bridgehead atoms. The molecule has 0 spiro atoms. The van der Waals surface area contributed by atoms with Crippen LogP contribution in [0, 0.1) is 0 Å². The summed E-state index contributed by atoms with van der Waals surface area (Å²) in [5, 5.41) is 0.